The second-order valence-corrected chi connectivity index (χ2v) is 5.61. The average molecular weight is 331 g/mol. The van der Waals surface area contributed by atoms with Crippen LogP contribution in [0.25, 0.3) is 0 Å². The highest BCUT2D eigenvalue weighted by molar-refractivity contribution is 8.93. The van der Waals surface area contributed by atoms with Crippen molar-refractivity contribution in [2.24, 2.45) is 0 Å². The highest BCUT2D eigenvalue weighted by Crippen LogP contribution is 2.16. The molecule has 0 aliphatic rings. The number of benzene rings is 1. The van der Waals surface area contributed by atoms with E-state index in [-0.39, 0.29) is 17.0 Å². The second-order valence-electron chi connectivity index (χ2n) is 4.88. The maximum Gasteiger partial charge on any atom is 0.00199 e. The molecule has 1 atom stereocenters. The van der Waals surface area contributed by atoms with E-state index in [0.717, 1.165) is 0 Å². The van der Waals surface area contributed by atoms with Gasteiger partial charge in [-0.05, 0) is 24.8 Å². The van der Waals surface area contributed by atoms with Gasteiger partial charge in [0, 0.05) is 5.25 Å². The van der Waals surface area contributed by atoms with Crippen molar-refractivity contribution in [2.75, 3.05) is 0 Å². The van der Waals surface area contributed by atoms with Gasteiger partial charge in [-0.3, -0.25) is 0 Å². The molecule has 0 fully saturated rings. The van der Waals surface area contributed by atoms with Crippen molar-refractivity contribution < 1.29 is 0 Å². The Morgan fingerprint density at radius 1 is 0.944 bits per heavy atom. The lowest BCUT2D eigenvalue weighted by Gasteiger charge is -2.10. The lowest BCUT2D eigenvalue weighted by Crippen LogP contribution is -2.01. The van der Waals surface area contributed by atoms with Gasteiger partial charge in [0.2, 0.25) is 0 Å². The zero-order valence-corrected chi connectivity index (χ0v) is 14.1. The highest BCUT2D eigenvalue weighted by atomic mass is 79.9. The lowest BCUT2D eigenvalue weighted by molar-refractivity contribution is 0.585. The second kappa shape index (κ2) is 12.1. The summed E-state index contributed by atoms with van der Waals surface area (Å²) in [5.74, 6) is 0. The fraction of sp³-hybridized carbons (Fsp3) is 0.625. The summed E-state index contributed by atoms with van der Waals surface area (Å²) < 4.78 is 0. The number of rotatable bonds is 9. The normalized spacial score (nSPS) is 11.9. The van der Waals surface area contributed by atoms with Crippen molar-refractivity contribution in [3.8, 4) is 0 Å². The summed E-state index contributed by atoms with van der Waals surface area (Å²) >= 11 is 4.69. The average Bonchev–Trinajstić information content (AvgIpc) is 2.37. The van der Waals surface area contributed by atoms with Gasteiger partial charge in [-0.2, -0.15) is 12.6 Å². The summed E-state index contributed by atoms with van der Waals surface area (Å²) in [6, 6.07) is 10.7. The molecule has 0 aliphatic carbocycles. The number of aryl methyl sites for hydroxylation is 1. The van der Waals surface area contributed by atoms with E-state index >= 15 is 0 Å². The van der Waals surface area contributed by atoms with E-state index in [1.807, 2.05) is 0 Å². The standard InChI is InChI=1S/C16H26S.BrH/c1-2-3-4-5-9-12-16(17)14-13-15-10-7-6-8-11-15;/h6-8,10-11,16-17H,2-5,9,12-14H2,1H3;1H. The number of hydrogen-bond donors (Lipinski definition) is 1. The highest BCUT2D eigenvalue weighted by Gasteiger charge is 2.03. The number of unbranched alkanes of at least 4 members (excludes halogenated alkanes) is 4. The third-order valence-electron chi connectivity index (χ3n) is 3.25. The van der Waals surface area contributed by atoms with Crippen molar-refractivity contribution in [2.45, 2.75) is 63.5 Å². The Kier molecular flexibility index (Phi) is 12.1. The minimum atomic E-state index is 0. The predicted octanol–water partition coefficient (Wildman–Crippen LogP) is 5.86. The lowest BCUT2D eigenvalue weighted by atomic mass is 10.0. The molecule has 0 heterocycles. The van der Waals surface area contributed by atoms with Crippen LogP contribution in [0.5, 0.6) is 0 Å². The number of thiol groups is 1. The zero-order chi connectivity index (χ0) is 12.3. The van der Waals surface area contributed by atoms with E-state index in [4.69, 9.17) is 0 Å². The van der Waals surface area contributed by atoms with Gasteiger partial charge < -0.3 is 0 Å². The third kappa shape index (κ3) is 9.04. The molecule has 0 saturated carbocycles. The Bertz CT molecular complexity index is 274. The fourth-order valence-corrected chi connectivity index (χ4v) is 2.42. The Morgan fingerprint density at radius 3 is 2.28 bits per heavy atom. The molecule has 0 radical (unpaired) electrons. The Morgan fingerprint density at radius 2 is 1.61 bits per heavy atom. The van der Waals surface area contributed by atoms with Crippen LogP contribution in [0.2, 0.25) is 0 Å². The van der Waals surface area contributed by atoms with Crippen LogP contribution in [-0.4, -0.2) is 5.25 Å². The van der Waals surface area contributed by atoms with Crippen LogP contribution in [0.15, 0.2) is 30.3 Å². The zero-order valence-electron chi connectivity index (χ0n) is 11.5. The van der Waals surface area contributed by atoms with E-state index in [0.29, 0.717) is 5.25 Å². The van der Waals surface area contributed by atoms with Crippen LogP contribution in [0.1, 0.15) is 57.4 Å². The van der Waals surface area contributed by atoms with Gasteiger partial charge >= 0.3 is 0 Å². The number of hydrogen-bond acceptors (Lipinski definition) is 1. The molecule has 1 rings (SSSR count). The van der Waals surface area contributed by atoms with E-state index in [2.05, 4.69) is 49.9 Å². The Hall–Kier alpha value is 0.0500. The first-order valence-electron chi connectivity index (χ1n) is 7.05. The van der Waals surface area contributed by atoms with Crippen molar-refractivity contribution in [3.05, 3.63) is 35.9 Å². The van der Waals surface area contributed by atoms with Gasteiger partial charge in [-0.1, -0.05) is 69.4 Å². The molecule has 0 saturated heterocycles. The molecular weight excluding hydrogens is 304 g/mol. The van der Waals surface area contributed by atoms with Crippen LogP contribution in [-0.2, 0) is 6.42 Å². The first kappa shape index (κ1) is 18.0. The largest absolute Gasteiger partial charge is 0.176 e. The number of halogens is 1. The Labute approximate surface area is 129 Å². The van der Waals surface area contributed by atoms with Crippen LogP contribution < -0.4 is 0 Å². The fourth-order valence-electron chi connectivity index (χ4n) is 2.11. The van der Waals surface area contributed by atoms with Crippen LogP contribution >= 0.6 is 29.6 Å². The summed E-state index contributed by atoms with van der Waals surface area (Å²) in [5, 5.41) is 0.580. The molecule has 1 aromatic rings. The van der Waals surface area contributed by atoms with Crippen LogP contribution in [0.3, 0.4) is 0 Å². The molecule has 0 spiro atoms. The molecule has 18 heavy (non-hydrogen) atoms. The molecule has 0 N–H and O–H groups in total. The summed E-state index contributed by atoms with van der Waals surface area (Å²) in [7, 11) is 0. The van der Waals surface area contributed by atoms with Gasteiger partial charge in [0.1, 0.15) is 0 Å². The van der Waals surface area contributed by atoms with Crippen LogP contribution in [0.4, 0.5) is 0 Å². The molecule has 1 aromatic carbocycles. The quantitative estimate of drug-likeness (QED) is 0.425. The van der Waals surface area contributed by atoms with Gasteiger partial charge in [0.05, 0.1) is 0 Å². The van der Waals surface area contributed by atoms with Gasteiger partial charge in [0.25, 0.3) is 0 Å². The topological polar surface area (TPSA) is 0 Å². The molecule has 1 unspecified atom stereocenters. The SMILES string of the molecule is Br.CCCCCCCC(S)CCc1ccccc1. The first-order chi connectivity index (χ1) is 8.33. The molecule has 0 nitrogen and oxygen atoms in total. The van der Waals surface area contributed by atoms with Crippen molar-refractivity contribution in [3.63, 3.8) is 0 Å². The minimum absolute atomic E-state index is 0. The van der Waals surface area contributed by atoms with Crippen molar-refractivity contribution >= 4 is 29.6 Å². The molecule has 0 bridgehead atoms. The van der Waals surface area contributed by atoms with Gasteiger partial charge in [-0.25, -0.2) is 0 Å². The van der Waals surface area contributed by atoms with E-state index in [1.165, 1.54) is 56.9 Å². The summed E-state index contributed by atoms with van der Waals surface area (Å²) in [4.78, 5) is 0. The van der Waals surface area contributed by atoms with E-state index in [9.17, 15) is 0 Å². The predicted molar refractivity (Wildman–Crippen MR) is 91.2 cm³/mol. The molecular formula is C16H27BrS. The van der Waals surface area contributed by atoms with Gasteiger partial charge in [0.15, 0.2) is 0 Å². The maximum absolute atomic E-state index is 4.69. The smallest absolute Gasteiger partial charge is 0.00199 e. The summed E-state index contributed by atoms with van der Waals surface area (Å²) in [6.07, 6.45) is 10.5. The molecule has 0 aliphatic heterocycles. The van der Waals surface area contributed by atoms with E-state index in [1.54, 1.807) is 0 Å². The molecule has 2 heteroatoms. The first-order valence-corrected chi connectivity index (χ1v) is 7.56. The van der Waals surface area contributed by atoms with Gasteiger partial charge in [-0.15, -0.1) is 17.0 Å². The summed E-state index contributed by atoms with van der Waals surface area (Å²) in [6.45, 7) is 2.27. The molecule has 0 amide bonds. The Balaban J connectivity index is 0.00000289. The molecule has 0 aromatic heterocycles. The third-order valence-corrected chi connectivity index (χ3v) is 3.77. The van der Waals surface area contributed by atoms with Crippen molar-refractivity contribution in [1.82, 2.24) is 0 Å². The minimum Gasteiger partial charge on any atom is -0.176 e. The molecule has 104 valence electrons. The monoisotopic (exact) mass is 330 g/mol. The van der Waals surface area contributed by atoms with Crippen LogP contribution in [0, 0.1) is 0 Å². The summed E-state index contributed by atoms with van der Waals surface area (Å²) in [5.41, 5.74) is 1.44. The van der Waals surface area contributed by atoms with Crippen molar-refractivity contribution in [1.29, 1.82) is 0 Å². The maximum atomic E-state index is 4.69. The van der Waals surface area contributed by atoms with E-state index < -0.39 is 0 Å².